The molecule has 0 aliphatic rings. The van der Waals surface area contributed by atoms with E-state index >= 15 is 0 Å². The van der Waals surface area contributed by atoms with E-state index in [0.29, 0.717) is 21.7 Å². The SMILES string of the molecule is [2H]C([2H])([2H])c1ccc2c(n1)oc1c(-c3cc4sc(C([2H])([2H])C(C)(C)C)cc4cn3)[c-]ccc12.[Ir].[c-]1ccccc1-c1ccccn1. The van der Waals surface area contributed by atoms with E-state index in [4.69, 9.17) is 11.3 Å². The summed E-state index contributed by atoms with van der Waals surface area (Å²) < 4.78 is 46.9. The van der Waals surface area contributed by atoms with Crippen LogP contribution in [0.25, 0.3) is 54.7 Å². The smallest absolute Gasteiger partial charge is 0.216 e. The molecule has 7 aromatic rings. The number of fused-ring (bicyclic) bond motifs is 4. The average Bonchev–Trinajstić information content (AvgIpc) is 3.63. The molecule has 4 nitrogen and oxygen atoms in total. The molecular weight excluding hydrogens is 703 g/mol. The molecule has 0 bridgehead atoms. The van der Waals surface area contributed by atoms with Gasteiger partial charge in [0.1, 0.15) is 0 Å². The number of nitrogens with zero attached hydrogens (tertiary/aromatic N) is 3. The first-order valence-corrected chi connectivity index (χ1v) is 13.7. The Labute approximate surface area is 264 Å². The summed E-state index contributed by atoms with van der Waals surface area (Å²) in [5, 5.41) is 2.42. The number of benzene rings is 2. The van der Waals surface area contributed by atoms with Crippen LogP contribution in [0.1, 0.15) is 38.2 Å². The Bertz CT molecular complexity index is 2080. The van der Waals surface area contributed by atoms with Gasteiger partial charge in [0.2, 0.25) is 5.71 Å². The Morgan fingerprint density at radius 3 is 2.56 bits per heavy atom. The molecule has 0 aliphatic heterocycles. The summed E-state index contributed by atoms with van der Waals surface area (Å²) in [5.41, 5.74) is 3.55. The van der Waals surface area contributed by atoms with Crippen molar-refractivity contribution < 1.29 is 31.4 Å². The van der Waals surface area contributed by atoms with Crippen LogP contribution in [0.3, 0.4) is 0 Å². The van der Waals surface area contributed by atoms with Gasteiger partial charge in [0.25, 0.3) is 0 Å². The minimum absolute atomic E-state index is 0. The third-order valence-electron chi connectivity index (χ3n) is 6.10. The van der Waals surface area contributed by atoms with Crippen LogP contribution in [-0.4, -0.2) is 15.0 Å². The molecule has 0 amide bonds. The van der Waals surface area contributed by atoms with Crippen LogP contribution in [0.5, 0.6) is 0 Å². The van der Waals surface area contributed by atoms with Crippen LogP contribution in [0.2, 0.25) is 0 Å². The predicted octanol–water partition coefficient (Wildman–Crippen LogP) is 9.50. The van der Waals surface area contributed by atoms with Crippen molar-refractivity contribution >= 4 is 43.5 Å². The molecule has 0 spiro atoms. The van der Waals surface area contributed by atoms with Gasteiger partial charge in [0.15, 0.2) is 0 Å². The van der Waals surface area contributed by atoms with Crippen molar-refractivity contribution in [2.45, 2.75) is 34.0 Å². The summed E-state index contributed by atoms with van der Waals surface area (Å²) in [7, 11) is 0. The molecule has 0 fully saturated rings. The average molecular weight is 737 g/mol. The van der Waals surface area contributed by atoms with Crippen molar-refractivity contribution in [1.29, 1.82) is 0 Å². The number of hydrogen-bond acceptors (Lipinski definition) is 5. The number of aromatic nitrogens is 3. The van der Waals surface area contributed by atoms with E-state index in [9.17, 15) is 0 Å². The zero-order valence-electron chi connectivity index (χ0n) is 27.7. The standard InChI is InChI=1S/C24H21N2OS.C11H8N.Ir/c1-14-8-9-18-17-6-5-7-19(22(17)27-23(18)26-14)20-11-21-15(13-25-20)10-16(28-21)12-24(2,3)4;1-2-6-10(7-3-1)11-8-4-5-9-12-11;/h5-6,8-11,13H,12H2,1-4H3;1-6,8-9H;/q2*-1;/i1D3,12D2;;. The summed E-state index contributed by atoms with van der Waals surface area (Å²) >= 11 is 1.42. The third kappa shape index (κ3) is 6.46. The van der Waals surface area contributed by atoms with Gasteiger partial charge in [-0.15, -0.1) is 65.4 Å². The van der Waals surface area contributed by atoms with E-state index in [1.807, 2.05) is 81.4 Å². The van der Waals surface area contributed by atoms with Gasteiger partial charge in [0, 0.05) is 65.4 Å². The molecule has 6 heteroatoms. The number of pyridine rings is 3. The molecule has 0 saturated heterocycles. The molecule has 207 valence electrons. The molecule has 5 aromatic heterocycles. The second kappa shape index (κ2) is 12.0. The van der Waals surface area contributed by atoms with Crippen LogP contribution in [0.15, 0.2) is 95.7 Å². The second-order valence-electron chi connectivity index (χ2n) is 10.3. The van der Waals surface area contributed by atoms with E-state index in [2.05, 4.69) is 27.1 Å². The van der Waals surface area contributed by atoms with Gasteiger partial charge in [-0.05, 0) is 54.3 Å². The Morgan fingerprint density at radius 1 is 0.927 bits per heavy atom. The molecular formula is C35H29IrN3OS-2. The van der Waals surface area contributed by atoms with Crippen LogP contribution in [0, 0.1) is 24.4 Å². The zero-order chi connectivity index (χ0) is 32.0. The van der Waals surface area contributed by atoms with Gasteiger partial charge in [-0.2, -0.15) is 0 Å². The molecule has 0 N–H and O–H groups in total. The molecule has 0 atom stereocenters. The van der Waals surface area contributed by atoms with Crippen LogP contribution in [0.4, 0.5) is 0 Å². The van der Waals surface area contributed by atoms with Crippen molar-refractivity contribution in [3.8, 4) is 22.5 Å². The summed E-state index contributed by atoms with van der Waals surface area (Å²) in [5.74, 6) is 0. The number of rotatable bonds is 3. The number of thiophene rings is 1. The van der Waals surface area contributed by atoms with E-state index < -0.39 is 18.6 Å². The van der Waals surface area contributed by atoms with Crippen molar-refractivity contribution in [2.24, 2.45) is 5.41 Å². The van der Waals surface area contributed by atoms with Crippen LogP contribution >= 0.6 is 11.3 Å². The number of hydrogen-bond donors (Lipinski definition) is 0. The molecule has 5 heterocycles. The van der Waals surface area contributed by atoms with Crippen LogP contribution in [-0.2, 0) is 26.5 Å². The van der Waals surface area contributed by atoms with E-state index in [0.717, 1.165) is 32.1 Å². The minimum Gasteiger partial charge on any atom is -0.486 e. The van der Waals surface area contributed by atoms with Crippen molar-refractivity contribution in [3.63, 3.8) is 0 Å². The molecule has 0 saturated carbocycles. The molecule has 2 aromatic carbocycles. The van der Waals surface area contributed by atoms with Crippen LogP contribution < -0.4 is 0 Å². The normalized spacial score (nSPS) is 13.8. The minimum atomic E-state index is -2.32. The van der Waals surface area contributed by atoms with Crippen molar-refractivity contribution in [2.75, 3.05) is 0 Å². The van der Waals surface area contributed by atoms with Gasteiger partial charge in [0.05, 0.1) is 5.58 Å². The largest absolute Gasteiger partial charge is 0.486 e. The third-order valence-corrected chi connectivity index (χ3v) is 7.12. The van der Waals surface area contributed by atoms with Gasteiger partial charge in [-0.25, -0.2) is 4.98 Å². The summed E-state index contributed by atoms with van der Waals surface area (Å²) in [4.78, 5) is 13.7. The molecule has 41 heavy (non-hydrogen) atoms. The second-order valence-corrected chi connectivity index (χ2v) is 11.4. The fourth-order valence-corrected chi connectivity index (χ4v) is 5.57. The predicted molar refractivity (Wildman–Crippen MR) is 165 cm³/mol. The van der Waals surface area contributed by atoms with Gasteiger partial charge < -0.3 is 14.4 Å². The fraction of sp³-hybridized carbons (Fsp3) is 0.171. The summed E-state index contributed by atoms with van der Waals surface area (Å²) in [6.45, 7) is 3.36. The quantitative estimate of drug-likeness (QED) is 0.170. The maximum atomic E-state index is 8.59. The Hall–Kier alpha value is -3.70. The molecule has 0 unspecified atom stereocenters. The molecule has 0 aliphatic carbocycles. The Balaban J connectivity index is 0.000000269. The van der Waals surface area contributed by atoms with E-state index in [1.54, 1.807) is 24.5 Å². The first-order chi connectivity index (χ1) is 21.3. The summed E-state index contributed by atoms with van der Waals surface area (Å²) in [6.07, 6.45) is 2.05. The maximum absolute atomic E-state index is 8.59. The molecule has 7 rings (SSSR count). The van der Waals surface area contributed by atoms with Crippen molar-refractivity contribution in [1.82, 2.24) is 15.0 Å². The van der Waals surface area contributed by atoms with Gasteiger partial charge in [-0.3, -0.25) is 0 Å². The number of aryl methyl sites for hydroxylation is 1. The van der Waals surface area contributed by atoms with E-state index in [1.165, 1.54) is 17.4 Å². The first kappa shape index (κ1) is 22.9. The van der Waals surface area contributed by atoms with Gasteiger partial charge >= 0.3 is 0 Å². The Morgan fingerprint density at radius 2 is 1.80 bits per heavy atom. The first-order valence-electron chi connectivity index (χ1n) is 15.4. The Kier molecular flexibility index (Phi) is 6.73. The van der Waals surface area contributed by atoms with Crippen molar-refractivity contribution in [3.05, 3.63) is 114 Å². The monoisotopic (exact) mass is 737 g/mol. The van der Waals surface area contributed by atoms with E-state index in [-0.39, 0.29) is 31.5 Å². The molecule has 1 radical (unpaired) electrons. The fourth-order valence-electron chi connectivity index (χ4n) is 4.39. The summed E-state index contributed by atoms with van der Waals surface area (Å²) in [6, 6.07) is 30.7. The maximum Gasteiger partial charge on any atom is 0.216 e. The van der Waals surface area contributed by atoms with Gasteiger partial charge in [-0.1, -0.05) is 49.9 Å². The number of furan rings is 1. The zero-order valence-corrected chi connectivity index (χ0v) is 25.9. The topological polar surface area (TPSA) is 51.8 Å².